The molecule has 0 aromatic heterocycles. The van der Waals surface area contributed by atoms with Crippen LogP contribution in [0.5, 0.6) is 11.5 Å². The van der Waals surface area contributed by atoms with Gasteiger partial charge in [0.05, 0.1) is 4.92 Å². The van der Waals surface area contributed by atoms with E-state index < -0.39 is 39.3 Å². The predicted octanol–water partition coefficient (Wildman–Crippen LogP) is 1.67. The van der Waals surface area contributed by atoms with Gasteiger partial charge in [0.15, 0.2) is 11.3 Å². The van der Waals surface area contributed by atoms with Gasteiger partial charge in [-0.1, -0.05) is 0 Å². The smallest absolute Gasteiger partial charge is 0.315 e. The van der Waals surface area contributed by atoms with Crippen molar-refractivity contribution in [2.75, 3.05) is 13.1 Å². The van der Waals surface area contributed by atoms with Crippen molar-refractivity contribution >= 4 is 17.4 Å². The molecule has 0 unspecified atom stereocenters. The van der Waals surface area contributed by atoms with E-state index in [0.29, 0.717) is 13.1 Å². The van der Waals surface area contributed by atoms with E-state index in [1.165, 1.54) is 4.90 Å². The first-order valence-electron chi connectivity index (χ1n) is 6.61. The van der Waals surface area contributed by atoms with Crippen molar-refractivity contribution in [1.82, 2.24) is 4.90 Å². The number of aliphatic hydroxyl groups excluding tert-OH is 1. The van der Waals surface area contributed by atoms with E-state index in [9.17, 15) is 30.2 Å². The highest BCUT2D eigenvalue weighted by atomic mass is 16.6. The van der Waals surface area contributed by atoms with Crippen LogP contribution in [0.2, 0.25) is 0 Å². The fourth-order valence-corrected chi connectivity index (χ4v) is 1.90. The number of phenolic OH excluding ortho intramolecular Hbond substituents is 2. The molecule has 3 N–H and O–H groups in total. The van der Waals surface area contributed by atoms with E-state index >= 15 is 0 Å². The van der Waals surface area contributed by atoms with Crippen LogP contribution >= 0.6 is 0 Å². The Morgan fingerprint density at radius 1 is 1.35 bits per heavy atom. The first-order chi connectivity index (χ1) is 10.8. The summed E-state index contributed by atoms with van der Waals surface area (Å²) < 4.78 is 0. The monoisotopic (exact) mass is 321 g/mol. The first-order valence-corrected chi connectivity index (χ1v) is 6.61. The lowest BCUT2D eigenvalue weighted by molar-refractivity contribution is -0.386. The fraction of sp³-hybridized carbons (Fsp3) is 0.286. The minimum Gasteiger partial charge on any atom is -0.506 e. The number of carbonyl (C=O) groups is 1. The summed E-state index contributed by atoms with van der Waals surface area (Å²) >= 11 is 0. The maximum Gasteiger partial charge on any atom is 0.315 e. The molecule has 9 nitrogen and oxygen atoms in total. The summed E-state index contributed by atoms with van der Waals surface area (Å²) in [7, 11) is 0. The van der Waals surface area contributed by atoms with Gasteiger partial charge in [-0.05, 0) is 19.9 Å². The second-order valence-electron chi connectivity index (χ2n) is 4.43. The van der Waals surface area contributed by atoms with Gasteiger partial charge in [-0.15, -0.1) is 0 Å². The molecule has 0 atom stereocenters. The largest absolute Gasteiger partial charge is 0.506 e. The van der Waals surface area contributed by atoms with Gasteiger partial charge >= 0.3 is 5.69 Å². The molecule has 0 aliphatic carbocycles. The molecule has 0 aliphatic rings. The third-order valence-corrected chi connectivity index (χ3v) is 3.15. The van der Waals surface area contributed by atoms with Crippen LogP contribution in [0.3, 0.4) is 0 Å². The van der Waals surface area contributed by atoms with E-state index in [1.807, 2.05) is 0 Å². The number of rotatable bonds is 5. The van der Waals surface area contributed by atoms with Gasteiger partial charge in [0.25, 0.3) is 5.91 Å². The number of hydrogen-bond acceptors (Lipinski definition) is 7. The number of phenols is 2. The lowest BCUT2D eigenvalue weighted by atomic mass is 10.1. The van der Waals surface area contributed by atoms with Crippen molar-refractivity contribution in [2.45, 2.75) is 13.8 Å². The molecular weight excluding hydrogens is 306 g/mol. The van der Waals surface area contributed by atoms with Crippen LogP contribution in [-0.2, 0) is 4.79 Å². The zero-order valence-corrected chi connectivity index (χ0v) is 12.5. The highest BCUT2D eigenvalue weighted by Crippen LogP contribution is 2.38. The van der Waals surface area contributed by atoms with Crippen molar-refractivity contribution in [3.8, 4) is 17.6 Å². The minimum atomic E-state index is -0.972. The number of nitrogens with zero attached hydrogens (tertiary/aromatic N) is 3. The summed E-state index contributed by atoms with van der Waals surface area (Å²) in [6.07, 6.45) is 0. The molecular formula is C14H15N3O6. The van der Waals surface area contributed by atoms with Gasteiger partial charge in [-0.2, -0.15) is 5.26 Å². The third kappa shape index (κ3) is 3.49. The topological polar surface area (TPSA) is 148 Å². The van der Waals surface area contributed by atoms with Crippen LogP contribution < -0.4 is 0 Å². The molecule has 1 amide bonds. The molecule has 9 heteroatoms. The Balaban J connectivity index is 3.51. The Bertz CT molecular complexity index is 716. The first kappa shape index (κ1) is 17.8. The maximum atomic E-state index is 12.2. The van der Waals surface area contributed by atoms with E-state index in [1.54, 1.807) is 19.9 Å². The number of hydrogen-bond donors (Lipinski definition) is 3. The van der Waals surface area contributed by atoms with Crippen LogP contribution in [-0.4, -0.2) is 44.1 Å². The summed E-state index contributed by atoms with van der Waals surface area (Å²) in [4.78, 5) is 23.3. The van der Waals surface area contributed by atoms with Crippen molar-refractivity contribution < 1.29 is 25.0 Å². The molecule has 0 radical (unpaired) electrons. The SMILES string of the molecule is CCN(CC)C(=O)/C(C#N)=C(\O)c1cc(O)c(O)c([N+](=O)[O-])c1. The molecule has 0 heterocycles. The maximum absolute atomic E-state index is 12.2. The Kier molecular flexibility index (Phi) is 5.51. The molecule has 1 aromatic rings. The molecule has 0 saturated carbocycles. The molecule has 0 saturated heterocycles. The Hall–Kier alpha value is -3.28. The number of likely N-dealkylation sites (N-methyl/N-ethyl adjacent to an activating group) is 1. The number of amides is 1. The van der Waals surface area contributed by atoms with Gasteiger partial charge in [0.2, 0.25) is 5.75 Å². The fourth-order valence-electron chi connectivity index (χ4n) is 1.90. The molecule has 0 fully saturated rings. The van der Waals surface area contributed by atoms with Crippen molar-refractivity contribution in [1.29, 1.82) is 5.26 Å². The third-order valence-electron chi connectivity index (χ3n) is 3.15. The summed E-state index contributed by atoms with van der Waals surface area (Å²) in [5.74, 6) is -3.39. The molecule has 23 heavy (non-hydrogen) atoms. The van der Waals surface area contributed by atoms with Crippen LogP contribution in [0.1, 0.15) is 19.4 Å². The van der Waals surface area contributed by atoms with Crippen molar-refractivity contribution in [3.05, 3.63) is 33.4 Å². The van der Waals surface area contributed by atoms with Crippen LogP contribution in [0.15, 0.2) is 17.7 Å². The highest BCUT2D eigenvalue weighted by molar-refractivity contribution is 6.03. The summed E-state index contributed by atoms with van der Waals surface area (Å²) in [6.45, 7) is 3.97. The summed E-state index contributed by atoms with van der Waals surface area (Å²) in [6, 6.07) is 3.14. The molecule has 1 rings (SSSR count). The quantitative estimate of drug-likeness (QED) is 0.186. The second-order valence-corrected chi connectivity index (χ2v) is 4.43. The van der Waals surface area contributed by atoms with Gasteiger partial charge in [0.1, 0.15) is 11.8 Å². The molecule has 1 aromatic carbocycles. The van der Waals surface area contributed by atoms with Crippen LogP contribution in [0, 0.1) is 21.4 Å². The van der Waals surface area contributed by atoms with Gasteiger partial charge in [0, 0.05) is 24.7 Å². The van der Waals surface area contributed by atoms with Gasteiger partial charge < -0.3 is 20.2 Å². The van der Waals surface area contributed by atoms with E-state index in [4.69, 9.17) is 5.26 Å². The predicted molar refractivity (Wildman–Crippen MR) is 79.5 cm³/mol. The zero-order chi connectivity index (χ0) is 17.7. The second kappa shape index (κ2) is 7.13. The summed E-state index contributed by atoms with van der Waals surface area (Å²) in [5.41, 5.74) is -1.81. The summed E-state index contributed by atoms with van der Waals surface area (Å²) in [5, 5.41) is 49.0. The van der Waals surface area contributed by atoms with E-state index in [0.717, 1.165) is 12.1 Å². The van der Waals surface area contributed by atoms with Crippen molar-refractivity contribution in [2.24, 2.45) is 0 Å². The number of nitro benzene ring substituents is 1. The Morgan fingerprint density at radius 2 is 1.91 bits per heavy atom. The number of nitro groups is 1. The van der Waals surface area contributed by atoms with Gasteiger partial charge in [-0.3, -0.25) is 14.9 Å². The molecule has 0 bridgehead atoms. The standard InChI is InChI=1S/C14H15N3O6/c1-3-16(4-2)14(21)9(7-15)12(19)8-5-10(17(22)23)13(20)11(18)6-8/h5-6,18-20H,3-4H2,1-2H3/b12-9-. The average molecular weight is 321 g/mol. The van der Waals surface area contributed by atoms with Gasteiger partial charge in [-0.25, -0.2) is 0 Å². The average Bonchev–Trinajstić information content (AvgIpc) is 2.51. The Morgan fingerprint density at radius 3 is 2.35 bits per heavy atom. The van der Waals surface area contributed by atoms with Crippen LogP contribution in [0.4, 0.5) is 5.69 Å². The zero-order valence-electron chi connectivity index (χ0n) is 12.5. The normalized spacial score (nSPS) is 11.3. The molecule has 0 spiro atoms. The van der Waals surface area contributed by atoms with E-state index in [2.05, 4.69) is 0 Å². The lowest BCUT2D eigenvalue weighted by Gasteiger charge is -2.18. The number of carbonyl (C=O) groups excluding carboxylic acids is 1. The molecule has 122 valence electrons. The van der Waals surface area contributed by atoms with Crippen LogP contribution in [0.25, 0.3) is 5.76 Å². The van der Waals surface area contributed by atoms with E-state index in [-0.39, 0.29) is 5.56 Å². The Labute approximate surface area is 131 Å². The van der Waals surface area contributed by atoms with Crippen molar-refractivity contribution in [3.63, 3.8) is 0 Å². The lowest BCUT2D eigenvalue weighted by Crippen LogP contribution is -2.31. The highest BCUT2D eigenvalue weighted by Gasteiger charge is 2.25. The minimum absolute atomic E-state index is 0.300. The number of nitriles is 1. The number of benzene rings is 1. The molecule has 0 aliphatic heterocycles. The number of aliphatic hydroxyl groups is 1. The number of aromatic hydroxyl groups is 2.